The van der Waals surface area contributed by atoms with Gasteiger partial charge in [-0.2, -0.15) is 0 Å². The third-order valence-corrected chi connectivity index (χ3v) is 5.23. The Labute approximate surface area is 87.5 Å². The Kier molecular flexibility index (Phi) is 5.99. The van der Waals surface area contributed by atoms with Crippen LogP contribution >= 0.6 is 0 Å². The third kappa shape index (κ3) is 3.40. The maximum Gasteiger partial charge on any atom is 0.458 e. The molecule has 0 unspecified atom stereocenters. The molecule has 0 N–H and O–H groups in total. The minimum atomic E-state index is -2.45. The highest BCUT2D eigenvalue weighted by Crippen LogP contribution is 2.12. The van der Waals surface area contributed by atoms with Gasteiger partial charge in [-0.3, -0.25) is 4.79 Å². The lowest BCUT2D eigenvalue weighted by Crippen LogP contribution is -2.56. The summed E-state index contributed by atoms with van der Waals surface area (Å²) in [6.45, 7) is 8.70. The van der Waals surface area contributed by atoms with Crippen molar-refractivity contribution in [3.05, 3.63) is 0 Å². The van der Waals surface area contributed by atoms with Crippen molar-refractivity contribution in [2.24, 2.45) is 0 Å². The maximum atomic E-state index is 11.5. The molecule has 0 bridgehead atoms. The minimum Gasteiger partial charge on any atom is -0.379 e. The number of hydrogen-bond acceptors (Lipinski definition) is 3. The third-order valence-electron chi connectivity index (χ3n) is 2.11. The highest BCUT2D eigenvalue weighted by molar-refractivity contribution is 6.65. The summed E-state index contributed by atoms with van der Waals surface area (Å²) in [6, 6.07) is 0. The van der Waals surface area contributed by atoms with E-state index in [9.17, 15) is 4.79 Å². The molecule has 0 heterocycles. The predicted octanol–water partition coefficient (Wildman–Crippen LogP) is 1.50. The monoisotopic (exact) mass is 219 g/mol. The average Bonchev–Trinajstić information content (AvgIpc) is 2.16. The number of carbonyl (C=O) groups excluding carboxylic acids is 1. The molecule has 0 aromatic heterocycles. The Morgan fingerprint density at radius 3 is 1.93 bits per heavy atom. The number of amides is 1. The lowest BCUT2D eigenvalue weighted by molar-refractivity contribution is -0.127. The Hall–Kier alpha value is -0.393. The van der Waals surface area contributed by atoms with Crippen molar-refractivity contribution >= 4 is 14.6 Å². The van der Waals surface area contributed by atoms with Gasteiger partial charge in [0.1, 0.15) is 0 Å². The zero-order valence-electron chi connectivity index (χ0n) is 9.79. The first-order valence-electron chi connectivity index (χ1n) is 5.06. The van der Waals surface area contributed by atoms with Crippen molar-refractivity contribution in [1.82, 2.24) is 4.57 Å². The van der Waals surface area contributed by atoms with Crippen LogP contribution in [0.5, 0.6) is 0 Å². The Morgan fingerprint density at radius 1 is 1.21 bits per heavy atom. The van der Waals surface area contributed by atoms with E-state index in [4.69, 9.17) is 8.85 Å². The molecule has 0 rings (SSSR count). The van der Waals surface area contributed by atoms with Crippen molar-refractivity contribution < 1.29 is 13.6 Å². The topological polar surface area (TPSA) is 38.8 Å². The van der Waals surface area contributed by atoms with Crippen LogP contribution in [0.15, 0.2) is 0 Å². The lowest BCUT2D eigenvalue weighted by Gasteiger charge is -2.33. The van der Waals surface area contributed by atoms with Gasteiger partial charge in [0.25, 0.3) is 0 Å². The second-order valence-electron chi connectivity index (χ2n) is 3.07. The van der Waals surface area contributed by atoms with Gasteiger partial charge in [0.2, 0.25) is 5.91 Å². The van der Waals surface area contributed by atoms with Gasteiger partial charge in [-0.15, -0.1) is 0 Å². The van der Waals surface area contributed by atoms with E-state index < -0.39 is 8.72 Å². The van der Waals surface area contributed by atoms with Crippen LogP contribution < -0.4 is 0 Å². The molecule has 0 spiro atoms. The molecule has 5 heteroatoms. The van der Waals surface area contributed by atoms with Crippen LogP contribution in [-0.4, -0.2) is 39.5 Å². The molecule has 0 saturated heterocycles. The van der Waals surface area contributed by atoms with Gasteiger partial charge >= 0.3 is 8.72 Å². The molecule has 14 heavy (non-hydrogen) atoms. The van der Waals surface area contributed by atoms with Gasteiger partial charge in [-0.25, -0.2) is 0 Å². The van der Waals surface area contributed by atoms with Crippen molar-refractivity contribution in [1.29, 1.82) is 0 Å². The summed E-state index contributed by atoms with van der Waals surface area (Å²) in [5.74, 6) is 0.0704. The zero-order valence-corrected chi connectivity index (χ0v) is 10.8. The minimum absolute atomic E-state index is 0.0704. The number of hydrogen-bond donors (Lipinski definition) is 0. The average molecular weight is 219 g/mol. The number of rotatable bonds is 6. The number of nitrogens with zero attached hydrogens (tertiary/aromatic N) is 1. The van der Waals surface area contributed by atoms with Crippen molar-refractivity contribution in [3.63, 3.8) is 0 Å². The second kappa shape index (κ2) is 6.16. The normalized spacial score (nSPS) is 11.5. The Balaban J connectivity index is 4.53. The van der Waals surface area contributed by atoms with E-state index in [0.717, 1.165) is 0 Å². The van der Waals surface area contributed by atoms with E-state index in [2.05, 4.69) is 0 Å². The zero-order chi connectivity index (χ0) is 11.2. The van der Waals surface area contributed by atoms with E-state index in [1.165, 1.54) is 0 Å². The summed E-state index contributed by atoms with van der Waals surface area (Å²) in [7, 11) is -0.700. The molecule has 0 aromatic rings. The fourth-order valence-corrected chi connectivity index (χ4v) is 3.39. The van der Waals surface area contributed by atoms with Gasteiger partial charge in [0, 0.05) is 26.7 Å². The molecule has 0 aliphatic heterocycles. The van der Waals surface area contributed by atoms with Crippen LogP contribution in [0.1, 0.15) is 27.2 Å². The summed E-state index contributed by atoms with van der Waals surface area (Å²) in [4.78, 5) is 11.5. The SMILES string of the molecule is CCO[Si](C)(OCC)N(C)C(=O)CC. The Bertz CT molecular complexity index is 181. The molecule has 4 nitrogen and oxygen atoms in total. The van der Waals surface area contributed by atoms with Gasteiger partial charge in [-0.1, -0.05) is 6.92 Å². The summed E-state index contributed by atoms with van der Waals surface area (Å²) in [6.07, 6.45) is 0.485. The van der Waals surface area contributed by atoms with E-state index in [-0.39, 0.29) is 5.91 Å². The molecule has 0 aliphatic carbocycles. The predicted molar refractivity (Wildman–Crippen MR) is 57.9 cm³/mol. The molecule has 0 fully saturated rings. The highest BCUT2D eigenvalue weighted by Gasteiger charge is 2.39. The first-order valence-corrected chi connectivity index (χ1v) is 7.32. The van der Waals surface area contributed by atoms with E-state index in [0.29, 0.717) is 19.6 Å². The van der Waals surface area contributed by atoms with Crippen molar-refractivity contribution in [3.8, 4) is 0 Å². The molecule has 0 aromatic carbocycles. The fourth-order valence-electron chi connectivity index (χ4n) is 1.23. The smallest absolute Gasteiger partial charge is 0.379 e. The first kappa shape index (κ1) is 13.6. The molecule has 84 valence electrons. The second-order valence-corrected chi connectivity index (χ2v) is 6.11. The summed E-state index contributed by atoms with van der Waals surface area (Å²) in [5.41, 5.74) is 0. The molecule has 0 radical (unpaired) electrons. The molecule has 0 aliphatic rings. The van der Waals surface area contributed by atoms with Crippen molar-refractivity contribution in [2.45, 2.75) is 33.7 Å². The summed E-state index contributed by atoms with van der Waals surface area (Å²) >= 11 is 0. The molecular weight excluding hydrogens is 198 g/mol. The quantitative estimate of drug-likeness (QED) is 0.635. The van der Waals surface area contributed by atoms with Crippen LogP contribution in [0, 0.1) is 0 Å². The van der Waals surface area contributed by atoms with Gasteiger partial charge in [0.15, 0.2) is 0 Å². The maximum absolute atomic E-state index is 11.5. The van der Waals surface area contributed by atoms with Crippen LogP contribution in [0.25, 0.3) is 0 Å². The van der Waals surface area contributed by atoms with Gasteiger partial charge in [0.05, 0.1) is 0 Å². The van der Waals surface area contributed by atoms with Crippen LogP contribution in [-0.2, 0) is 13.6 Å². The lowest BCUT2D eigenvalue weighted by atomic mass is 10.5. The number of carbonyl (C=O) groups is 1. The standard InChI is InChI=1S/C9H21NO3Si/c1-6-9(11)10(4)14(5,12-7-2)13-8-3/h6-8H2,1-5H3. The molecule has 0 saturated carbocycles. The van der Waals surface area contributed by atoms with E-state index in [1.807, 2.05) is 27.3 Å². The highest BCUT2D eigenvalue weighted by atomic mass is 28.4. The summed E-state index contributed by atoms with van der Waals surface area (Å²) in [5, 5.41) is 0. The molecular formula is C9H21NO3Si. The summed E-state index contributed by atoms with van der Waals surface area (Å²) < 4.78 is 12.8. The fraction of sp³-hybridized carbons (Fsp3) is 0.889. The van der Waals surface area contributed by atoms with E-state index in [1.54, 1.807) is 11.6 Å². The van der Waals surface area contributed by atoms with Crippen molar-refractivity contribution in [2.75, 3.05) is 20.3 Å². The first-order chi connectivity index (χ1) is 6.51. The van der Waals surface area contributed by atoms with E-state index >= 15 is 0 Å². The van der Waals surface area contributed by atoms with Crippen LogP contribution in [0.2, 0.25) is 6.55 Å². The van der Waals surface area contributed by atoms with Crippen LogP contribution in [0.3, 0.4) is 0 Å². The molecule has 1 amide bonds. The largest absolute Gasteiger partial charge is 0.458 e. The van der Waals surface area contributed by atoms with Gasteiger partial charge in [-0.05, 0) is 20.4 Å². The Morgan fingerprint density at radius 2 is 1.64 bits per heavy atom. The van der Waals surface area contributed by atoms with Gasteiger partial charge < -0.3 is 13.4 Å². The molecule has 0 atom stereocenters. The van der Waals surface area contributed by atoms with Crippen LogP contribution in [0.4, 0.5) is 0 Å².